The number of carbonyl (C=O) groups is 1. The highest BCUT2D eigenvalue weighted by atomic mass is 19.3. The van der Waals surface area contributed by atoms with Crippen LogP contribution in [-0.4, -0.2) is 16.2 Å². The number of carboxylic acid groups (broad SMARTS) is 1. The summed E-state index contributed by atoms with van der Waals surface area (Å²) in [7, 11) is 0. The molecule has 1 rings (SSSR count). The molecule has 0 saturated carbocycles. The average molecular weight is 287 g/mol. The summed E-state index contributed by atoms with van der Waals surface area (Å²) in [6, 6.07) is 2.04. The van der Waals surface area contributed by atoms with E-state index in [2.05, 4.69) is 0 Å². The van der Waals surface area contributed by atoms with Crippen molar-refractivity contribution >= 4 is 5.97 Å². The molecular formula is C14H19F2NO3. The fraction of sp³-hybridized carbons (Fsp3) is 0.500. The van der Waals surface area contributed by atoms with Gasteiger partial charge in [-0.2, -0.15) is 0 Å². The molecule has 0 spiro atoms. The van der Waals surface area contributed by atoms with Crippen molar-refractivity contribution in [1.29, 1.82) is 0 Å². The standard InChI is InChI=1S/C14H19F2NO3/c1-7(2)8-5-9(11(17)3-4-12(18)19)13(20)10(6-8)14(15)16/h5-7,11,14,20H,3-4,17H2,1-2H3,(H,18,19). The van der Waals surface area contributed by atoms with Gasteiger partial charge in [0.15, 0.2) is 0 Å². The summed E-state index contributed by atoms with van der Waals surface area (Å²) in [5, 5.41) is 18.5. The van der Waals surface area contributed by atoms with Crippen LogP contribution in [0.1, 0.15) is 61.8 Å². The van der Waals surface area contributed by atoms with Gasteiger partial charge in [-0.1, -0.05) is 19.9 Å². The van der Waals surface area contributed by atoms with Gasteiger partial charge in [0.2, 0.25) is 0 Å². The minimum atomic E-state index is -2.81. The predicted octanol–water partition coefficient (Wildman–Crippen LogP) is 3.32. The van der Waals surface area contributed by atoms with Crippen LogP contribution in [0.15, 0.2) is 12.1 Å². The summed E-state index contributed by atoms with van der Waals surface area (Å²) in [5.41, 5.74) is 6.16. The number of halogens is 2. The van der Waals surface area contributed by atoms with Crippen molar-refractivity contribution in [2.24, 2.45) is 5.73 Å². The van der Waals surface area contributed by atoms with Crippen molar-refractivity contribution in [2.45, 2.75) is 45.1 Å². The molecular weight excluding hydrogens is 268 g/mol. The number of aromatic hydroxyl groups is 1. The highest BCUT2D eigenvalue weighted by Crippen LogP contribution is 2.37. The van der Waals surface area contributed by atoms with Crippen molar-refractivity contribution in [3.63, 3.8) is 0 Å². The molecule has 0 aliphatic heterocycles. The van der Waals surface area contributed by atoms with Gasteiger partial charge in [-0.05, 0) is 24.0 Å². The Balaban J connectivity index is 3.19. The number of rotatable bonds is 6. The molecule has 20 heavy (non-hydrogen) atoms. The van der Waals surface area contributed by atoms with E-state index in [9.17, 15) is 18.7 Å². The Hall–Kier alpha value is -1.69. The third kappa shape index (κ3) is 3.90. The molecule has 0 fully saturated rings. The minimum absolute atomic E-state index is 0.00137. The second-order valence-corrected chi connectivity index (χ2v) is 5.04. The van der Waals surface area contributed by atoms with Crippen molar-refractivity contribution in [2.75, 3.05) is 0 Å². The summed E-state index contributed by atoms with van der Waals surface area (Å²) < 4.78 is 25.9. The molecule has 112 valence electrons. The molecule has 0 heterocycles. The number of phenols is 1. The van der Waals surface area contributed by atoms with E-state index >= 15 is 0 Å². The first kappa shape index (κ1) is 16.4. The zero-order valence-electron chi connectivity index (χ0n) is 11.4. The Morgan fingerprint density at radius 1 is 1.30 bits per heavy atom. The number of benzene rings is 1. The summed E-state index contributed by atoms with van der Waals surface area (Å²) >= 11 is 0. The van der Waals surface area contributed by atoms with Gasteiger partial charge in [-0.25, -0.2) is 8.78 Å². The van der Waals surface area contributed by atoms with Crippen LogP contribution in [0, 0.1) is 0 Å². The highest BCUT2D eigenvalue weighted by Gasteiger charge is 2.22. The highest BCUT2D eigenvalue weighted by molar-refractivity contribution is 5.66. The molecule has 1 aromatic carbocycles. The SMILES string of the molecule is CC(C)c1cc(C(F)F)c(O)c(C(N)CCC(=O)O)c1. The molecule has 6 heteroatoms. The Morgan fingerprint density at radius 2 is 1.85 bits per heavy atom. The third-order valence-corrected chi connectivity index (χ3v) is 3.16. The summed E-state index contributed by atoms with van der Waals surface area (Å²) in [4.78, 5) is 10.5. The summed E-state index contributed by atoms with van der Waals surface area (Å²) in [5.74, 6) is -1.56. The maximum absolute atomic E-state index is 12.9. The first-order chi connectivity index (χ1) is 9.23. The van der Waals surface area contributed by atoms with Crippen LogP contribution in [0.2, 0.25) is 0 Å². The number of nitrogens with two attached hydrogens (primary N) is 1. The molecule has 4 N–H and O–H groups in total. The van der Waals surface area contributed by atoms with E-state index in [0.717, 1.165) is 0 Å². The molecule has 1 aromatic rings. The molecule has 0 radical (unpaired) electrons. The molecule has 0 aliphatic carbocycles. The predicted molar refractivity (Wildman–Crippen MR) is 71.0 cm³/mol. The second-order valence-electron chi connectivity index (χ2n) is 5.04. The summed E-state index contributed by atoms with van der Waals surface area (Å²) in [6.45, 7) is 3.68. The van der Waals surface area contributed by atoms with Crippen LogP contribution in [0.5, 0.6) is 5.75 Å². The molecule has 0 bridgehead atoms. The van der Waals surface area contributed by atoms with E-state index in [4.69, 9.17) is 10.8 Å². The van der Waals surface area contributed by atoms with E-state index in [0.29, 0.717) is 5.56 Å². The van der Waals surface area contributed by atoms with E-state index < -0.39 is 29.7 Å². The zero-order chi connectivity index (χ0) is 15.4. The second kappa shape index (κ2) is 6.65. The fourth-order valence-corrected chi connectivity index (χ4v) is 1.92. The van der Waals surface area contributed by atoms with Gasteiger partial charge >= 0.3 is 5.97 Å². The van der Waals surface area contributed by atoms with Gasteiger partial charge in [0.1, 0.15) is 5.75 Å². The van der Waals surface area contributed by atoms with Crippen LogP contribution in [0.4, 0.5) is 8.78 Å². The number of phenolic OH excluding ortho intramolecular Hbond substituents is 1. The number of carboxylic acids is 1. The number of alkyl halides is 2. The van der Waals surface area contributed by atoms with Gasteiger partial charge < -0.3 is 15.9 Å². The average Bonchev–Trinajstić information content (AvgIpc) is 2.35. The van der Waals surface area contributed by atoms with Crippen molar-refractivity contribution < 1.29 is 23.8 Å². The topological polar surface area (TPSA) is 83.5 Å². The zero-order valence-corrected chi connectivity index (χ0v) is 11.4. The van der Waals surface area contributed by atoms with Crippen LogP contribution >= 0.6 is 0 Å². The first-order valence-electron chi connectivity index (χ1n) is 6.36. The fourth-order valence-electron chi connectivity index (χ4n) is 1.92. The van der Waals surface area contributed by atoms with Crippen LogP contribution < -0.4 is 5.73 Å². The minimum Gasteiger partial charge on any atom is -0.507 e. The maximum atomic E-state index is 12.9. The molecule has 4 nitrogen and oxygen atoms in total. The normalized spacial score (nSPS) is 12.9. The van der Waals surface area contributed by atoms with Crippen LogP contribution in [-0.2, 0) is 4.79 Å². The van der Waals surface area contributed by atoms with Gasteiger partial charge in [-0.3, -0.25) is 4.79 Å². The largest absolute Gasteiger partial charge is 0.507 e. The lowest BCUT2D eigenvalue weighted by Gasteiger charge is -2.18. The first-order valence-corrected chi connectivity index (χ1v) is 6.36. The van der Waals surface area contributed by atoms with E-state index in [-0.39, 0.29) is 24.3 Å². The van der Waals surface area contributed by atoms with Crippen molar-refractivity contribution in [3.05, 3.63) is 28.8 Å². The molecule has 0 amide bonds. The maximum Gasteiger partial charge on any atom is 0.303 e. The van der Waals surface area contributed by atoms with Gasteiger partial charge in [-0.15, -0.1) is 0 Å². The monoisotopic (exact) mass is 287 g/mol. The molecule has 1 atom stereocenters. The Bertz CT molecular complexity index is 490. The van der Waals surface area contributed by atoms with E-state index in [1.54, 1.807) is 6.07 Å². The Kier molecular flexibility index (Phi) is 5.44. The van der Waals surface area contributed by atoms with Crippen molar-refractivity contribution in [1.82, 2.24) is 0 Å². The van der Waals surface area contributed by atoms with Gasteiger partial charge in [0.25, 0.3) is 6.43 Å². The van der Waals surface area contributed by atoms with E-state index in [1.807, 2.05) is 13.8 Å². The van der Waals surface area contributed by atoms with Gasteiger partial charge in [0.05, 0.1) is 5.56 Å². The Morgan fingerprint density at radius 3 is 2.30 bits per heavy atom. The van der Waals surface area contributed by atoms with Gasteiger partial charge in [0, 0.05) is 18.0 Å². The van der Waals surface area contributed by atoms with Crippen molar-refractivity contribution in [3.8, 4) is 5.75 Å². The number of aliphatic carboxylic acids is 1. The lowest BCUT2D eigenvalue weighted by atomic mass is 9.92. The van der Waals surface area contributed by atoms with Crippen LogP contribution in [0.25, 0.3) is 0 Å². The lowest BCUT2D eigenvalue weighted by Crippen LogP contribution is -2.14. The quantitative estimate of drug-likeness (QED) is 0.749. The smallest absolute Gasteiger partial charge is 0.303 e. The van der Waals surface area contributed by atoms with Crippen LogP contribution in [0.3, 0.4) is 0 Å². The molecule has 0 aromatic heterocycles. The third-order valence-electron chi connectivity index (χ3n) is 3.16. The van der Waals surface area contributed by atoms with E-state index in [1.165, 1.54) is 6.07 Å². The summed E-state index contributed by atoms with van der Waals surface area (Å²) in [6.07, 6.45) is -2.91. The lowest BCUT2D eigenvalue weighted by molar-refractivity contribution is -0.137. The Labute approximate surface area is 116 Å². The molecule has 1 unspecified atom stereocenters. The number of hydrogen-bond donors (Lipinski definition) is 3. The molecule has 0 saturated heterocycles. The number of hydrogen-bond acceptors (Lipinski definition) is 3. The molecule has 0 aliphatic rings.